The van der Waals surface area contributed by atoms with E-state index in [1.165, 1.54) is 30.7 Å². The molecule has 0 amide bonds. The van der Waals surface area contributed by atoms with Crippen LogP contribution < -0.4 is 18.5 Å². The van der Waals surface area contributed by atoms with Gasteiger partial charge in [-0.15, -0.1) is 0 Å². The van der Waals surface area contributed by atoms with Crippen LogP contribution in [0, 0.1) is 6.92 Å². The third-order valence-electron chi connectivity index (χ3n) is 5.71. The average molecular weight is 480 g/mol. The van der Waals surface area contributed by atoms with E-state index in [4.69, 9.17) is 14.2 Å². The summed E-state index contributed by atoms with van der Waals surface area (Å²) in [7, 11) is -0.918. The largest absolute Gasteiger partial charge is 0.493 e. The Kier molecular flexibility index (Phi) is 6.32. The maximum atomic E-state index is 13.9. The first kappa shape index (κ1) is 23.7. The average Bonchev–Trinajstić information content (AvgIpc) is 2.82. The van der Waals surface area contributed by atoms with Crippen LogP contribution in [0.15, 0.2) is 71.6 Å². The van der Waals surface area contributed by atoms with Crippen LogP contribution in [0.25, 0.3) is 6.08 Å². The second kappa shape index (κ2) is 9.06. The summed E-state index contributed by atoms with van der Waals surface area (Å²) in [4.78, 5) is 0.119. The number of nitrogens with zero attached hydrogens (tertiary/aromatic N) is 1. The Balaban J connectivity index is 1.78. The Labute approximate surface area is 201 Å². The van der Waals surface area contributed by atoms with E-state index in [2.05, 4.69) is 0 Å². The number of anilines is 1. The Morgan fingerprint density at radius 3 is 2.32 bits per heavy atom. The van der Waals surface area contributed by atoms with Crippen molar-refractivity contribution in [2.24, 2.45) is 0 Å². The number of rotatable bonds is 7. The number of methoxy groups -OCH3 is 2. The van der Waals surface area contributed by atoms with Gasteiger partial charge in [0.05, 0.1) is 31.3 Å². The summed E-state index contributed by atoms with van der Waals surface area (Å²) in [5.74, 6) is 1.64. The van der Waals surface area contributed by atoms with Gasteiger partial charge in [0.25, 0.3) is 10.0 Å². The maximum Gasteiger partial charge on any atom is 0.264 e. The molecule has 1 heterocycles. The summed E-state index contributed by atoms with van der Waals surface area (Å²) in [6.45, 7) is 6.15. The quantitative estimate of drug-likeness (QED) is 0.442. The van der Waals surface area contributed by atoms with Crippen LogP contribution in [-0.2, 0) is 16.6 Å². The molecule has 1 aliphatic rings. The summed E-state index contributed by atoms with van der Waals surface area (Å²) < 4.78 is 45.9. The second-order valence-electron chi connectivity index (χ2n) is 8.73. The summed E-state index contributed by atoms with van der Waals surface area (Å²) in [6, 6.07) is 17.7. The van der Waals surface area contributed by atoms with Crippen LogP contribution >= 0.6 is 0 Å². The molecule has 7 heteroatoms. The van der Waals surface area contributed by atoms with Crippen molar-refractivity contribution in [1.29, 1.82) is 0 Å². The molecular formula is C27H29NO5S. The zero-order valence-electron chi connectivity index (χ0n) is 20.0. The molecule has 4 rings (SSSR count). The third kappa shape index (κ3) is 4.61. The Hall–Kier alpha value is -3.45. The van der Waals surface area contributed by atoms with E-state index in [1.807, 2.05) is 63.3 Å². The van der Waals surface area contributed by atoms with Crippen molar-refractivity contribution in [3.63, 3.8) is 0 Å². The van der Waals surface area contributed by atoms with Crippen LogP contribution in [-0.4, -0.2) is 28.2 Å². The highest BCUT2D eigenvalue weighted by Crippen LogP contribution is 2.37. The predicted molar refractivity (Wildman–Crippen MR) is 134 cm³/mol. The van der Waals surface area contributed by atoms with E-state index in [1.54, 1.807) is 18.2 Å². The van der Waals surface area contributed by atoms with Crippen LogP contribution in [0.5, 0.6) is 17.2 Å². The first-order chi connectivity index (χ1) is 16.1. The fourth-order valence-electron chi connectivity index (χ4n) is 4.00. The third-order valence-corrected chi connectivity index (χ3v) is 7.48. The van der Waals surface area contributed by atoms with Crippen molar-refractivity contribution in [2.45, 2.75) is 37.8 Å². The summed E-state index contributed by atoms with van der Waals surface area (Å²) in [5.41, 5.74) is 2.94. The highest BCUT2D eigenvalue weighted by molar-refractivity contribution is 7.92. The number of benzene rings is 3. The van der Waals surface area contributed by atoms with Crippen molar-refractivity contribution >= 4 is 21.8 Å². The highest BCUT2D eigenvalue weighted by atomic mass is 32.2. The smallest absolute Gasteiger partial charge is 0.264 e. The molecule has 3 aromatic rings. The van der Waals surface area contributed by atoms with Gasteiger partial charge in [0.15, 0.2) is 11.5 Å². The molecule has 6 nitrogen and oxygen atoms in total. The molecule has 0 N–H and O–H groups in total. The van der Waals surface area contributed by atoms with Crippen molar-refractivity contribution in [3.8, 4) is 17.2 Å². The number of hydrogen-bond donors (Lipinski definition) is 0. The van der Waals surface area contributed by atoms with Gasteiger partial charge in [-0.1, -0.05) is 30.3 Å². The Morgan fingerprint density at radius 2 is 1.65 bits per heavy atom. The van der Waals surface area contributed by atoms with Gasteiger partial charge < -0.3 is 14.2 Å². The monoisotopic (exact) mass is 479 g/mol. The molecule has 0 radical (unpaired) electrons. The Bertz CT molecular complexity index is 1330. The number of aryl methyl sites for hydroxylation is 1. The molecule has 0 bridgehead atoms. The number of ether oxygens (including phenoxy) is 3. The van der Waals surface area contributed by atoms with E-state index in [0.717, 1.165) is 22.4 Å². The van der Waals surface area contributed by atoms with Gasteiger partial charge in [-0.25, -0.2) is 8.42 Å². The standard InChI is InChI=1S/C27H29NO5S/c1-19-15-20(16-21-13-14-27(2,3)33-26(19)21)18-28(22-9-7-6-8-10-22)34(29,30)23-11-12-24(31-4)25(17-23)32-5/h6-17H,18H2,1-5H3. The SMILES string of the molecule is COc1ccc(S(=O)(=O)N(Cc2cc(C)c3c(c2)C=CC(C)(C)O3)c2ccccc2)cc1OC. The molecule has 34 heavy (non-hydrogen) atoms. The summed E-state index contributed by atoms with van der Waals surface area (Å²) >= 11 is 0. The minimum absolute atomic E-state index is 0.119. The molecule has 0 atom stereocenters. The topological polar surface area (TPSA) is 65.1 Å². The van der Waals surface area contributed by atoms with Gasteiger partial charge in [-0.2, -0.15) is 0 Å². The van der Waals surface area contributed by atoms with Gasteiger partial charge >= 0.3 is 0 Å². The first-order valence-corrected chi connectivity index (χ1v) is 12.4. The van der Waals surface area contributed by atoms with E-state index >= 15 is 0 Å². The molecule has 0 saturated heterocycles. The van der Waals surface area contributed by atoms with Crippen LogP contribution in [0.3, 0.4) is 0 Å². The van der Waals surface area contributed by atoms with Crippen molar-refractivity contribution in [3.05, 3.63) is 83.4 Å². The lowest BCUT2D eigenvalue weighted by atomic mass is 9.98. The molecule has 1 aliphatic heterocycles. The number of hydrogen-bond acceptors (Lipinski definition) is 5. The number of para-hydroxylation sites is 1. The lowest BCUT2D eigenvalue weighted by Gasteiger charge is -2.30. The van der Waals surface area contributed by atoms with Gasteiger partial charge in [0.1, 0.15) is 11.4 Å². The fourth-order valence-corrected chi connectivity index (χ4v) is 5.47. The normalized spacial score (nSPS) is 14.1. The molecular weight excluding hydrogens is 450 g/mol. The molecule has 178 valence electrons. The van der Waals surface area contributed by atoms with Crippen LogP contribution in [0.1, 0.15) is 30.5 Å². The van der Waals surface area contributed by atoms with Crippen molar-refractivity contribution < 1.29 is 22.6 Å². The molecule has 3 aromatic carbocycles. The summed E-state index contributed by atoms with van der Waals surface area (Å²) in [6.07, 6.45) is 4.04. The lowest BCUT2D eigenvalue weighted by Crippen LogP contribution is -2.31. The minimum atomic E-state index is -3.91. The van der Waals surface area contributed by atoms with Crippen molar-refractivity contribution in [2.75, 3.05) is 18.5 Å². The number of fused-ring (bicyclic) bond motifs is 1. The second-order valence-corrected chi connectivity index (χ2v) is 10.6. The maximum absolute atomic E-state index is 13.9. The lowest BCUT2D eigenvalue weighted by molar-refractivity contribution is 0.157. The van der Waals surface area contributed by atoms with E-state index in [-0.39, 0.29) is 17.0 Å². The molecule has 0 aromatic heterocycles. The zero-order chi connectivity index (χ0) is 24.5. The Morgan fingerprint density at radius 1 is 0.941 bits per heavy atom. The van der Waals surface area contributed by atoms with Gasteiger partial charge in [0, 0.05) is 11.6 Å². The highest BCUT2D eigenvalue weighted by Gasteiger charge is 2.28. The number of sulfonamides is 1. The van der Waals surface area contributed by atoms with E-state index in [0.29, 0.717) is 17.2 Å². The van der Waals surface area contributed by atoms with Crippen molar-refractivity contribution in [1.82, 2.24) is 0 Å². The van der Waals surface area contributed by atoms with Crippen LogP contribution in [0.4, 0.5) is 5.69 Å². The van der Waals surface area contributed by atoms with E-state index in [9.17, 15) is 8.42 Å². The molecule has 0 aliphatic carbocycles. The molecule has 0 saturated carbocycles. The van der Waals surface area contributed by atoms with Gasteiger partial charge in [-0.3, -0.25) is 4.31 Å². The van der Waals surface area contributed by atoms with Crippen LogP contribution in [0.2, 0.25) is 0 Å². The predicted octanol–water partition coefficient (Wildman–Crippen LogP) is 5.59. The fraction of sp³-hybridized carbons (Fsp3) is 0.259. The molecule has 0 fully saturated rings. The van der Waals surface area contributed by atoms with E-state index < -0.39 is 10.0 Å². The first-order valence-electron chi connectivity index (χ1n) is 11.0. The molecule has 0 spiro atoms. The zero-order valence-corrected chi connectivity index (χ0v) is 20.8. The summed E-state index contributed by atoms with van der Waals surface area (Å²) in [5, 5.41) is 0. The molecule has 0 unspecified atom stereocenters. The minimum Gasteiger partial charge on any atom is -0.493 e. The van der Waals surface area contributed by atoms with Gasteiger partial charge in [0.2, 0.25) is 0 Å². The van der Waals surface area contributed by atoms with Gasteiger partial charge in [-0.05, 0) is 68.3 Å².